The van der Waals surface area contributed by atoms with E-state index in [0.29, 0.717) is 24.0 Å². The molecule has 3 fully saturated rings. The summed E-state index contributed by atoms with van der Waals surface area (Å²) in [5, 5.41) is 0. The fourth-order valence-corrected chi connectivity index (χ4v) is 4.61. The van der Waals surface area contributed by atoms with Crippen LogP contribution in [0.1, 0.15) is 53.4 Å². The van der Waals surface area contributed by atoms with Crippen molar-refractivity contribution in [2.24, 2.45) is 10.8 Å². The maximum absolute atomic E-state index is 13.1. The van der Waals surface area contributed by atoms with Gasteiger partial charge in [0.15, 0.2) is 17.2 Å². The van der Waals surface area contributed by atoms with Crippen LogP contribution in [0.3, 0.4) is 0 Å². The molecule has 0 bridgehead atoms. The summed E-state index contributed by atoms with van der Waals surface area (Å²) in [6.45, 7) is 7.22. The van der Waals surface area contributed by atoms with Crippen molar-refractivity contribution in [1.82, 2.24) is 0 Å². The molecule has 4 rings (SSSR count). The van der Waals surface area contributed by atoms with E-state index in [1.54, 1.807) is 13.8 Å². The zero-order valence-corrected chi connectivity index (χ0v) is 13.5. The third kappa shape index (κ3) is 1.17. The van der Waals surface area contributed by atoms with Gasteiger partial charge in [-0.1, -0.05) is 0 Å². The average Bonchev–Trinajstić information content (AvgIpc) is 3.38. The van der Waals surface area contributed by atoms with Crippen molar-refractivity contribution < 1.29 is 19.1 Å². The van der Waals surface area contributed by atoms with E-state index in [9.17, 15) is 14.4 Å². The van der Waals surface area contributed by atoms with Gasteiger partial charge in [-0.2, -0.15) is 0 Å². The molecule has 0 aromatic carbocycles. The molecule has 0 aromatic heterocycles. The standard InChI is InChI=1S/C18H20O4/c1-9-11(3)18(12(4)10(2)13(9)19)17(7-8-17)14(20)16(5-6-16)15(21)22-18/h5-8H2,1-4H3. The molecular weight excluding hydrogens is 280 g/mol. The van der Waals surface area contributed by atoms with Crippen molar-refractivity contribution >= 4 is 17.5 Å². The first kappa shape index (κ1) is 13.9. The molecule has 1 saturated heterocycles. The number of Topliss-reactive ketones (excluding diaryl/α,β-unsaturated/α-hetero) is 2. The van der Waals surface area contributed by atoms with Crippen LogP contribution >= 0.6 is 0 Å². The van der Waals surface area contributed by atoms with Gasteiger partial charge in [0.1, 0.15) is 5.41 Å². The van der Waals surface area contributed by atoms with Crippen molar-refractivity contribution in [1.29, 1.82) is 0 Å². The highest BCUT2D eigenvalue weighted by Gasteiger charge is 2.79. The van der Waals surface area contributed by atoms with Gasteiger partial charge in [-0.15, -0.1) is 0 Å². The van der Waals surface area contributed by atoms with Gasteiger partial charge in [-0.25, -0.2) is 0 Å². The second-order valence-corrected chi connectivity index (χ2v) is 7.39. The number of ether oxygens (including phenoxy) is 1. The Hall–Kier alpha value is -1.71. The summed E-state index contributed by atoms with van der Waals surface area (Å²) in [5.74, 6) is -0.333. The van der Waals surface area contributed by atoms with Crippen molar-refractivity contribution in [3.63, 3.8) is 0 Å². The van der Waals surface area contributed by atoms with Crippen molar-refractivity contribution in [3.05, 3.63) is 22.3 Å². The Labute approximate surface area is 129 Å². The molecule has 116 valence electrons. The average molecular weight is 300 g/mol. The van der Waals surface area contributed by atoms with Gasteiger partial charge in [0.05, 0.1) is 5.41 Å². The van der Waals surface area contributed by atoms with Crippen LogP contribution < -0.4 is 0 Å². The molecule has 3 aliphatic carbocycles. The largest absolute Gasteiger partial charge is 0.448 e. The number of fused-ring (bicyclic) bond motifs is 1. The molecule has 4 nitrogen and oxygen atoms in total. The smallest absolute Gasteiger partial charge is 0.320 e. The molecule has 3 spiro atoms. The number of esters is 1. The number of carbonyl (C=O) groups is 3. The van der Waals surface area contributed by atoms with Crippen LogP contribution in [-0.4, -0.2) is 23.1 Å². The van der Waals surface area contributed by atoms with Crippen molar-refractivity contribution in [3.8, 4) is 0 Å². The molecule has 0 radical (unpaired) electrons. The van der Waals surface area contributed by atoms with E-state index in [-0.39, 0.29) is 17.5 Å². The van der Waals surface area contributed by atoms with Gasteiger partial charge in [0, 0.05) is 0 Å². The predicted molar refractivity (Wildman–Crippen MR) is 78.9 cm³/mol. The molecule has 0 aromatic rings. The summed E-state index contributed by atoms with van der Waals surface area (Å²) in [7, 11) is 0. The van der Waals surface area contributed by atoms with Crippen LogP contribution in [0, 0.1) is 10.8 Å². The minimum atomic E-state index is -1.02. The zero-order chi connectivity index (χ0) is 16.1. The zero-order valence-electron chi connectivity index (χ0n) is 13.5. The molecule has 22 heavy (non-hydrogen) atoms. The van der Waals surface area contributed by atoms with Crippen LogP contribution in [0.15, 0.2) is 22.3 Å². The second-order valence-electron chi connectivity index (χ2n) is 7.39. The Balaban J connectivity index is 1.99. The van der Waals surface area contributed by atoms with Gasteiger partial charge >= 0.3 is 5.97 Å². The molecule has 2 saturated carbocycles. The minimum absolute atomic E-state index is 0.00775. The van der Waals surface area contributed by atoms with E-state index in [1.807, 2.05) is 13.8 Å². The lowest BCUT2D eigenvalue weighted by molar-refractivity contribution is -0.183. The quantitative estimate of drug-likeness (QED) is 0.510. The van der Waals surface area contributed by atoms with Crippen LogP contribution in [0.2, 0.25) is 0 Å². The summed E-state index contributed by atoms with van der Waals surface area (Å²) < 4.78 is 6.03. The highest BCUT2D eigenvalue weighted by atomic mass is 16.6. The third-order valence-electron chi connectivity index (χ3n) is 6.54. The lowest BCUT2D eigenvalue weighted by Crippen LogP contribution is -2.60. The molecule has 1 aliphatic heterocycles. The van der Waals surface area contributed by atoms with E-state index in [1.165, 1.54) is 0 Å². The number of hydrogen-bond acceptors (Lipinski definition) is 4. The highest BCUT2D eigenvalue weighted by molar-refractivity contribution is 6.16. The highest BCUT2D eigenvalue weighted by Crippen LogP contribution is 2.71. The molecule has 0 amide bonds. The summed E-state index contributed by atoms with van der Waals surface area (Å²) >= 11 is 0. The fraction of sp³-hybridized carbons (Fsp3) is 0.611. The van der Waals surface area contributed by atoms with E-state index < -0.39 is 16.4 Å². The SMILES string of the molecule is CC1=C(C)C2(OC(=O)C3(CC3)C(=O)C23CC3)C(C)=C(C)C1=O. The van der Waals surface area contributed by atoms with E-state index >= 15 is 0 Å². The van der Waals surface area contributed by atoms with Crippen LogP contribution in [0.4, 0.5) is 0 Å². The first-order valence-corrected chi connectivity index (χ1v) is 7.93. The Morgan fingerprint density at radius 3 is 1.73 bits per heavy atom. The van der Waals surface area contributed by atoms with Crippen LogP contribution in [0.25, 0.3) is 0 Å². The monoisotopic (exact) mass is 300 g/mol. The molecular formula is C18H20O4. The predicted octanol–water partition coefficient (Wildman–Crippen LogP) is 2.67. The Morgan fingerprint density at radius 2 is 1.32 bits per heavy atom. The molecule has 4 aliphatic rings. The Bertz CT molecular complexity index is 698. The van der Waals surface area contributed by atoms with Gasteiger partial charge in [0.25, 0.3) is 0 Å². The number of allylic oxidation sites excluding steroid dienone is 2. The van der Waals surface area contributed by atoms with E-state index in [0.717, 1.165) is 24.0 Å². The lowest BCUT2D eigenvalue weighted by atomic mass is 9.62. The number of rotatable bonds is 0. The Morgan fingerprint density at radius 1 is 0.818 bits per heavy atom. The third-order valence-corrected chi connectivity index (χ3v) is 6.54. The summed E-state index contributed by atoms with van der Waals surface area (Å²) in [6, 6.07) is 0. The second kappa shape index (κ2) is 3.61. The summed E-state index contributed by atoms with van der Waals surface area (Å²) in [4.78, 5) is 38.1. The number of ketones is 2. The normalized spacial score (nSPS) is 30.5. The first-order valence-electron chi connectivity index (χ1n) is 7.93. The minimum Gasteiger partial charge on any atom is -0.448 e. The summed E-state index contributed by atoms with van der Waals surface area (Å²) in [5.41, 5.74) is 0.200. The van der Waals surface area contributed by atoms with Crippen LogP contribution in [0.5, 0.6) is 0 Å². The molecule has 0 atom stereocenters. The molecule has 1 heterocycles. The van der Waals surface area contributed by atoms with Crippen molar-refractivity contribution in [2.45, 2.75) is 59.0 Å². The lowest BCUT2D eigenvalue weighted by Gasteiger charge is -2.49. The Kier molecular flexibility index (Phi) is 2.28. The first-order chi connectivity index (χ1) is 10.2. The molecule has 4 heteroatoms. The number of hydrogen-bond donors (Lipinski definition) is 0. The number of carbonyl (C=O) groups excluding carboxylic acids is 3. The van der Waals surface area contributed by atoms with Gasteiger partial charge in [-0.05, 0) is 75.7 Å². The fourth-order valence-electron chi connectivity index (χ4n) is 4.61. The van der Waals surface area contributed by atoms with Gasteiger partial charge < -0.3 is 4.74 Å². The van der Waals surface area contributed by atoms with Crippen molar-refractivity contribution in [2.75, 3.05) is 0 Å². The maximum Gasteiger partial charge on any atom is 0.320 e. The summed E-state index contributed by atoms with van der Waals surface area (Å²) in [6.07, 6.45) is 2.71. The molecule has 0 N–H and O–H groups in total. The van der Waals surface area contributed by atoms with Crippen LogP contribution in [-0.2, 0) is 19.1 Å². The maximum atomic E-state index is 13.1. The van der Waals surface area contributed by atoms with Gasteiger partial charge in [0.2, 0.25) is 0 Å². The topological polar surface area (TPSA) is 60.4 Å². The van der Waals surface area contributed by atoms with E-state index in [4.69, 9.17) is 4.74 Å². The van der Waals surface area contributed by atoms with E-state index in [2.05, 4.69) is 0 Å². The van der Waals surface area contributed by atoms with Gasteiger partial charge in [-0.3, -0.25) is 14.4 Å². The molecule has 0 unspecified atom stereocenters.